The Morgan fingerprint density at radius 2 is 1.77 bits per heavy atom. The van der Waals surface area contributed by atoms with Crippen molar-refractivity contribution in [1.82, 2.24) is 10.9 Å². The summed E-state index contributed by atoms with van der Waals surface area (Å²) in [5.41, 5.74) is 27.6. The lowest BCUT2D eigenvalue weighted by atomic mass is 9.80. The maximum absolute atomic E-state index is 14.6. The molecule has 1 aliphatic heterocycles. The molecule has 1 amide bonds. The molecule has 244 valence electrons. The van der Waals surface area contributed by atoms with E-state index in [0.717, 1.165) is 22.3 Å². The first-order valence-electron chi connectivity index (χ1n) is 15.4. The summed E-state index contributed by atoms with van der Waals surface area (Å²) in [6, 6.07) is 29.3. The van der Waals surface area contributed by atoms with E-state index in [1.165, 1.54) is 0 Å². The third kappa shape index (κ3) is 7.92. The highest BCUT2D eigenvalue weighted by Crippen LogP contribution is 2.45. The van der Waals surface area contributed by atoms with Crippen LogP contribution in [0.2, 0.25) is 0 Å². The smallest absolute Gasteiger partial charge is 0.266 e. The number of azide groups is 2. The summed E-state index contributed by atoms with van der Waals surface area (Å²) < 4.78 is 12.3. The van der Waals surface area contributed by atoms with Crippen LogP contribution in [0, 0.1) is 6.92 Å². The summed E-state index contributed by atoms with van der Waals surface area (Å²) in [5.74, 6) is 0.333. The fourth-order valence-electron chi connectivity index (χ4n) is 5.55. The van der Waals surface area contributed by atoms with Crippen LogP contribution >= 0.6 is 0 Å². The second kappa shape index (κ2) is 16.1. The Hall–Kier alpha value is -5.84. The molecule has 0 aliphatic carbocycles. The van der Waals surface area contributed by atoms with Gasteiger partial charge in [-0.1, -0.05) is 88.6 Å². The van der Waals surface area contributed by atoms with Crippen molar-refractivity contribution in [2.75, 3.05) is 13.2 Å². The summed E-state index contributed by atoms with van der Waals surface area (Å²) in [6.45, 7) is 2.81. The highest BCUT2D eigenvalue weighted by atomic mass is 16.5. The molecule has 4 aromatic rings. The molecule has 0 spiro atoms. The summed E-state index contributed by atoms with van der Waals surface area (Å²) in [6.07, 6.45) is -0.466. The second-order valence-electron chi connectivity index (χ2n) is 11.2. The lowest BCUT2D eigenvalue weighted by Crippen LogP contribution is -2.53. The molecule has 4 aromatic carbocycles. The molecule has 0 bridgehead atoms. The molecule has 0 radical (unpaired) electrons. The average Bonchev–Trinajstić information content (AvgIpc) is 3.49. The van der Waals surface area contributed by atoms with Gasteiger partial charge in [-0.05, 0) is 58.9 Å². The lowest BCUT2D eigenvalue weighted by Gasteiger charge is -2.32. The number of carbonyl (C=O) groups excluding carboxylic acids is 1. The average molecular weight is 646 g/mol. The van der Waals surface area contributed by atoms with E-state index in [1.54, 1.807) is 48.5 Å². The van der Waals surface area contributed by atoms with Gasteiger partial charge in [0.2, 0.25) is 5.90 Å². The number of aliphatic hydroxyl groups excluding tert-OH is 1. The Bertz CT molecular complexity index is 1870. The van der Waals surface area contributed by atoms with Crippen LogP contribution in [0.3, 0.4) is 0 Å². The molecule has 0 aromatic heterocycles. The number of nitrogens with zero attached hydrogens (tertiary/aromatic N) is 7. The van der Waals surface area contributed by atoms with Crippen LogP contribution in [0.4, 0.5) is 5.69 Å². The molecule has 48 heavy (non-hydrogen) atoms. The third-order valence-electron chi connectivity index (χ3n) is 7.86. The lowest BCUT2D eigenvalue weighted by molar-refractivity contribution is -0.130. The van der Waals surface area contributed by atoms with Gasteiger partial charge in [-0.2, -0.15) is 0 Å². The maximum atomic E-state index is 14.6. The number of benzene rings is 4. The van der Waals surface area contributed by atoms with Crippen molar-refractivity contribution in [2.24, 2.45) is 15.2 Å². The SMILES string of the molecule is Cc1cccc(CNNC(=O)[C@@]2(Cc3ccccc3CN=[N+]=[N-])N=C(c3ccc(OCCCO)cc3)O[C@H]2c2ccccc2N=[N+]=[N-])c1. The quantitative estimate of drug-likeness (QED) is 0.0419. The number of amides is 1. The van der Waals surface area contributed by atoms with E-state index in [-0.39, 0.29) is 25.5 Å². The number of carbonyl (C=O) groups is 1. The van der Waals surface area contributed by atoms with E-state index in [1.807, 2.05) is 55.5 Å². The molecule has 1 aliphatic rings. The van der Waals surface area contributed by atoms with Gasteiger partial charge in [0.25, 0.3) is 5.91 Å². The van der Waals surface area contributed by atoms with E-state index in [2.05, 4.69) is 30.9 Å². The van der Waals surface area contributed by atoms with Crippen LogP contribution in [0.15, 0.2) is 112 Å². The predicted octanol–water partition coefficient (Wildman–Crippen LogP) is 6.83. The summed E-state index contributed by atoms with van der Waals surface area (Å²) in [7, 11) is 0. The minimum atomic E-state index is -1.61. The molecule has 13 nitrogen and oxygen atoms in total. The molecule has 5 rings (SSSR count). The van der Waals surface area contributed by atoms with Crippen molar-refractivity contribution >= 4 is 17.5 Å². The van der Waals surface area contributed by atoms with Crippen LogP contribution in [0.25, 0.3) is 20.9 Å². The number of hydrogen-bond donors (Lipinski definition) is 3. The first kappa shape index (κ1) is 33.5. The number of aliphatic imine (C=N–C) groups is 1. The van der Waals surface area contributed by atoms with Gasteiger partial charge in [0.15, 0.2) is 11.6 Å². The summed E-state index contributed by atoms with van der Waals surface area (Å²) in [5, 5.41) is 16.8. The van der Waals surface area contributed by atoms with Gasteiger partial charge < -0.3 is 14.6 Å². The molecule has 3 N–H and O–H groups in total. The number of aliphatic hydroxyl groups is 1. The molecule has 0 unspecified atom stereocenters. The second-order valence-corrected chi connectivity index (χ2v) is 11.2. The minimum Gasteiger partial charge on any atom is -0.494 e. The Morgan fingerprint density at radius 1 is 1.00 bits per heavy atom. The molecule has 0 fully saturated rings. The molecule has 0 saturated carbocycles. The zero-order valence-electron chi connectivity index (χ0n) is 26.4. The van der Waals surface area contributed by atoms with Gasteiger partial charge in [-0.3, -0.25) is 10.2 Å². The van der Waals surface area contributed by atoms with E-state index >= 15 is 0 Å². The van der Waals surface area contributed by atoms with Gasteiger partial charge in [-0.25, -0.2) is 10.4 Å². The molecule has 1 heterocycles. The molecular formula is C35H35N9O4. The Balaban J connectivity index is 1.60. The first-order valence-corrected chi connectivity index (χ1v) is 15.4. The zero-order valence-corrected chi connectivity index (χ0v) is 26.4. The normalized spacial score (nSPS) is 16.5. The van der Waals surface area contributed by atoms with Gasteiger partial charge in [-0.15, -0.1) is 0 Å². The van der Waals surface area contributed by atoms with Crippen LogP contribution < -0.4 is 15.6 Å². The van der Waals surface area contributed by atoms with Crippen molar-refractivity contribution in [3.8, 4) is 5.75 Å². The van der Waals surface area contributed by atoms with Crippen LogP contribution in [-0.2, 0) is 29.0 Å². The topological polar surface area (TPSA) is 190 Å². The van der Waals surface area contributed by atoms with E-state index < -0.39 is 17.6 Å². The van der Waals surface area contributed by atoms with Gasteiger partial charge in [0.1, 0.15) is 5.75 Å². The predicted molar refractivity (Wildman–Crippen MR) is 181 cm³/mol. The van der Waals surface area contributed by atoms with E-state index in [9.17, 15) is 10.3 Å². The zero-order chi connectivity index (χ0) is 33.8. The van der Waals surface area contributed by atoms with Crippen LogP contribution in [0.5, 0.6) is 5.75 Å². The Kier molecular flexibility index (Phi) is 11.3. The van der Waals surface area contributed by atoms with Crippen molar-refractivity contribution in [1.29, 1.82) is 0 Å². The fraction of sp³-hybridized carbons (Fsp3) is 0.257. The minimum absolute atomic E-state index is 0.0252. The summed E-state index contributed by atoms with van der Waals surface area (Å²) in [4.78, 5) is 25.6. The highest BCUT2D eigenvalue weighted by Gasteiger charge is 2.54. The van der Waals surface area contributed by atoms with Crippen LogP contribution in [-0.4, -0.2) is 35.7 Å². The van der Waals surface area contributed by atoms with Gasteiger partial charge >= 0.3 is 0 Å². The largest absolute Gasteiger partial charge is 0.494 e. The van der Waals surface area contributed by atoms with E-state index in [0.29, 0.717) is 42.1 Å². The van der Waals surface area contributed by atoms with Crippen molar-refractivity contribution < 1.29 is 19.4 Å². The number of hydrazine groups is 1. The third-order valence-corrected chi connectivity index (χ3v) is 7.86. The molecule has 2 atom stereocenters. The number of rotatable bonds is 15. The highest BCUT2D eigenvalue weighted by molar-refractivity contribution is 6.01. The standard InChI is InChI=1S/C35H35N9O4/c1-24-8-6-9-25(20-24)22-38-42-34(46)35(21-27-10-2-3-11-28(27)23-39-43-36)32(30-12-4-5-13-31(30)41-44-37)48-33(40-35)26-14-16-29(17-15-26)47-19-7-18-45/h2-6,8-17,20,32,38,45H,7,18-19,21-23H2,1H3,(H,42,46)/t32-,35-/m0/s1. The first-order chi connectivity index (χ1) is 23.5. The van der Waals surface area contributed by atoms with Crippen molar-refractivity contribution in [3.05, 3.63) is 151 Å². The Morgan fingerprint density at radius 3 is 2.52 bits per heavy atom. The van der Waals surface area contributed by atoms with Gasteiger partial charge in [0, 0.05) is 52.6 Å². The monoisotopic (exact) mass is 645 g/mol. The number of nitrogens with one attached hydrogen (secondary N) is 2. The Labute approximate surface area is 277 Å². The molecular weight excluding hydrogens is 610 g/mol. The van der Waals surface area contributed by atoms with Crippen molar-refractivity contribution in [3.63, 3.8) is 0 Å². The number of hydrogen-bond acceptors (Lipinski definition) is 8. The van der Waals surface area contributed by atoms with Crippen molar-refractivity contribution in [2.45, 2.75) is 44.5 Å². The molecule has 13 heteroatoms. The fourth-order valence-corrected chi connectivity index (χ4v) is 5.55. The number of aryl methyl sites for hydroxylation is 1. The van der Waals surface area contributed by atoms with E-state index in [4.69, 9.17) is 25.1 Å². The summed E-state index contributed by atoms with van der Waals surface area (Å²) >= 11 is 0. The van der Waals surface area contributed by atoms with Gasteiger partial charge in [0.05, 0.1) is 13.2 Å². The van der Waals surface area contributed by atoms with Crippen LogP contribution in [0.1, 0.15) is 45.9 Å². The molecule has 0 saturated heterocycles. The number of ether oxygens (including phenoxy) is 2. The maximum Gasteiger partial charge on any atom is 0.266 e.